The molecule has 0 fully saturated rings. The van der Waals surface area contributed by atoms with Crippen LogP contribution in [0.2, 0.25) is 0 Å². The molecule has 0 radical (unpaired) electrons. The zero-order chi connectivity index (χ0) is 18.0. The molecule has 0 spiro atoms. The Balaban J connectivity index is 2.20. The van der Waals surface area contributed by atoms with Crippen molar-refractivity contribution in [3.63, 3.8) is 0 Å². The number of aliphatic carboxylic acids is 1. The first-order valence-electron chi connectivity index (χ1n) is 8.34. The zero-order valence-electron chi connectivity index (χ0n) is 14.4. The van der Waals surface area contributed by atoms with Gasteiger partial charge in [-0.25, -0.2) is 4.79 Å². The molecular weight excluding hydrogens is 312 g/mol. The topological polar surface area (TPSA) is 96.2 Å². The second-order valence-corrected chi connectivity index (χ2v) is 5.84. The molecule has 1 aromatic rings. The predicted molar refractivity (Wildman–Crippen MR) is 90.5 cm³/mol. The summed E-state index contributed by atoms with van der Waals surface area (Å²) in [6, 6.07) is 7.36. The van der Waals surface area contributed by atoms with Gasteiger partial charge in [0, 0.05) is 0 Å². The molecule has 0 bridgehead atoms. The van der Waals surface area contributed by atoms with Gasteiger partial charge in [0.15, 0.2) is 5.60 Å². The van der Waals surface area contributed by atoms with E-state index in [1.807, 2.05) is 24.3 Å². The van der Waals surface area contributed by atoms with E-state index in [0.717, 1.165) is 30.8 Å². The Kier molecular flexibility index (Phi) is 8.57. The van der Waals surface area contributed by atoms with Gasteiger partial charge in [0.25, 0.3) is 0 Å². The summed E-state index contributed by atoms with van der Waals surface area (Å²) in [5.74, 6) is 0.198. The molecule has 24 heavy (non-hydrogen) atoms. The van der Waals surface area contributed by atoms with Gasteiger partial charge in [0.1, 0.15) is 11.5 Å². The second kappa shape index (κ2) is 10.2. The van der Waals surface area contributed by atoms with Crippen LogP contribution in [0, 0.1) is 0 Å². The molecule has 3 N–H and O–H groups in total. The first-order valence-corrected chi connectivity index (χ1v) is 8.34. The summed E-state index contributed by atoms with van der Waals surface area (Å²) in [6.07, 6.45) is 2.05. The fourth-order valence-electron chi connectivity index (χ4n) is 2.47. The Morgan fingerprint density at radius 3 is 2.25 bits per heavy atom. The number of hydrogen-bond donors (Lipinski definition) is 3. The Hall–Kier alpha value is -1.79. The number of methoxy groups -OCH3 is 1. The van der Waals surface area contributed by atoms with E-state index in [9.17, 15) is 15.0 Å². The fourth-order valence-corrected chi connectivity index (χ4v) is 2.47. The first-order chi connectivity index (χ1) is 11.4. The molecule has 0 heterocycles. The lowest BCUT2D eigenvalue weighted by molar-refractivity contribution is -0.173. The molecule has 136 valence electrons. The molecule has 0 amide bonds. The largest absolute Gasteiger partial charge is 0.497 e. The van der Waals surface area contributed by atoms with Gasteiger partial charge in [0.2, 0.25) is 0 Å². The Morgan fingerprint density at radius 1 is 1.12 bits per heavy atom. The molecule has 2 atom stereocenters. The van der Waals surface area contributed by atoms with Gasteiger partial charge in [-0.3, -0.25) is 0 Å². The van der Waals surface area contributed by atoms with Crippen molar-refractivity contribution in [2.24, 2.45) is 0 Å². The van der Waals surface area contributed by atoms with Gasteiger partial charge in [-0.1, -0.05) is 19.8 Å². The van der Waals surface area contributed by atoms with E-state index in [1.165, 1.54) is 0 Å². The minimum atomic E-state index is -2.05. The van der Waals surface area contributed by atoms with Gasteiger partial charge in [-0.2, -0.15) is 0 Å². The number of aliphatic hydroxyl groups is 2. The normalized spacial score (nSPS) is 14.7. The van der Waals surface area contributed by atoms with Crippen LogP contribution in [-0.4, -0.2) is 46.7 Å². The van der Waals surface area contributed by atoms with Gasteiger partial charge in [-0.05, 0) is 49.9 Å². The molecule has 6 nitrogen and oxygen atoms in total. The second-order valence-electron chi connectivity index (χ2n) is 5.84. The number of rotatable bonds is 12. The van der Waals surface area contributed by atoms with Gasteiger partial charge in [0.05, 0.1) is 19.8 Å². The van der Waals surface area contributed by atoms with Crippen molar-refractivity contribution < 1.29 is 29.6 Å². The molecule has 0 aliphatic carbocycles. The number of ether oxygens (including phenoxy) is 2. The highest BCUT2D eigenvalue weighted by Crippen LogP contribution is 2.22. The molecule has 2 unspecified atom stereocenters. The zero-order valence-corrected chi connectivity index (χ0v) is 14.4. The lowest BCUT2D eigenvalue weighted by Gasteiger charge is -2.28. The standard InChI is InChI=1S/C18H28O6/c1-3-16(19)18(22,17(20)21)12-6-4-5-7-13-24-15-10-8-14(23-2)9-11-15/h8-11,16,19,22H,3-7,12-13H2,1-2H3,(H,20,21). The third-order valence-electron chi connectivity index (χ3n) is 4.09. The summed E-state index contributed by atoms with van der Waals surface area (Å²) >= 11 is 0. The molecule has 0 saturated carbocycles. The smallest absolute Gasteiger partial charge is 0.338 e. The van der Waals surface area contributed by atoms with Crippen LogP contribution >= 0.6 is 0 Å². The van der Waals surface area contributed by atoms with Crippen LogP contribution < -0.4 is 9.47 Å². The number of aliphatic hydroxyl groups excluding tert-OH is 1. The van der Waals surface area contributed by atoms with Crippen LogP contribution in [0.5, 0.6) is 11.5 Å². The summed E-state index contributed by atoms with van der Waals surface area (Å²) in [6.45, 7) is 2.22. The summed E-state index contributed by atoms with van der Waals surface area (Å²) in [4.78, 5) is 11.2. The van der Waals surface area contributed by atoms with Crippen LogP contribution in [0.3, 0.4) is 0 Å². The van der Waals surface area contributed by atoms with E-state index in [0.29, 0.717) is 13.0 Å². The van der Waals surface area contributed by atoms with Gasteiger partial charge >= 0.3 is 5.97 Å². The Morgan fingerprint density at radius 2 is 1.71 bits per heavy atom. The van der Waals surface area contributed by atoms with Crippen LogP contribution in [0.1, 0.15) is 45.4 Å². The lowest BCUT2D eigenvalue weighted by atomic mass is 9.89. The molecule has 1 rings (SSSR count). The molecule has 6 heteroatoms. The number of carbonyl (C=O) groups is 1. The van der Waals surface area contributed by atoms with Crippen molar-refractivity contribution in [2.45, 2.75) is 57.2 Å². The first kappa shape index (κ1) is 20.3. The van der Waals surface area contributed by atoms with Gasteiger partial charge in [-0.15, -0.1) is 0 Å². The molecule has 0 aliphatic rings. The van der Waals surface area contributed by atoms with E-state index in [2.05, 4.69) is 0 Å². The average molecular weight is 340 g/mol. The summed E-state index contributed by atoms with van der Waals surface area (Å²) < 4.78 is 10.7. The van der Waals surface area contributed by atoms with E-state index in [-0.39, 0.29) is 12.8 Å². The third-order valence-corrected chi connectivity index (χ3v) is 4.09. The Labute approximate surface area is 143 Å². The van der Waals surface area contributed by atoms with E-state index in [1.54, 1.807) is 14.0 Å². The number of carboxylic acids is 1. The molecule has 0 saturated heterocycles. The summed E-state index contributed by atoms with van der Waals surface area (Å²) in [5, 5.41) is 28.9. The Bertz CT molecular complexity index is 487. The van der Waals surface area contributed by atoms with Crippen molar-refractivity contribution >= 4 is 5.97 Å². The van der Waals surface area contributed by atoms with Crippen molar-refractivity contribution in [1.82, 2.24) is 0 Å². The maximum absolute atomic E-state index is 11.2. The highest BCUT2D eigenvalue weighted by molar-refractivity contribution is 5.77. The van der Waals surface area contributed by atoms with Crippen LogP contribution in [0.15, 0.2) is 24.3 Å². The fraction of sp³-hybridized carbons (Fsp3) is 0.611. The summed E-state index contributed by atoms with van der Waals surface area (Å²) in [7, 11) is 1.61. The summed E-state index contributed by atoms with van der Waals surface area (Å²) in [5.41, 5.74) is -2.05. The maximum atomic E-state index is 11.2. The van der Waals surface area contributed by atoms with E-state index < -0.39 is 17.7 Å². The quantitative estimate of drug-likeness (QED) is 0.506. The van der Waals surface area contributed by atoms with Crippen LogP contribution in [0.4, 0.5) is 0 Å². The van der Waals surface area contributed by atoms with Crippen molar-refractivity contribution in [2.75, 3.05) is 13.7 Å². The number of hydrogen-bond acceptors (Lipinski definition) is 5. The van der Waals surface area contributed by atoms with Crippen molar-refractivity contribution in [1.29, 1.82) is 0 Å². The highest BCUT2D eigenvalue weighted by Gasteiger charge is 2.41. The van der Waals surface area contributed by atoms with Crippen molar-refractivity contribution in [3.8, 4) is 11.5 Å². The predicted octanol–water partition coefficient (Wildman–Crippen LogP) is 2.61. The maximum Gasteiger partial charge on any atom is 0.338 e. The van der Waals surface area contributed by atoms with E-state index in [4.69, 9.17) is 14.6 Å². The van der Waals surface area contributed by atoms with Crippen LogP contribution in [-0.2, 0) is 4.79 Å². The van der Waals surface area contributed by atoms with Crippen LogP contribution in [0.25, 0.3) is 0 Å². The monoisotopic (exact) mass is 340 g/mol. The van der Waals surface area contributed by atoms with Crippen molar-refractivity contribution in [3.05, 3.63) is 24.3 Å². The minimum Gasteiger partial charge on any atom is -0.497 e. The molecular formula is C18H28O6. The molecule has 0 aliphatic heterocycles. The number of benzene rings is 1. The molecule has 0 aromatic heterocycles. The average Bonchev–Trinajstić information content (AvgIpc) is 2.60. The minimum absolute atomic E-state index is 0.0523. The van der Waals surface area contributed by atoms with Gasteiger partial charge < -0.3 is 24.8 Å². The highest BCUT2D eigenvalue weighted by atomic mass is 16.5. The number of unbranched alkanes of at least 4 members (excludes halogenated alkanes) is 3. The van der Waals surface area contributed by atoms with E-state index >= 15 is 0 Å². The molecule has 1 aromatic carbocycles. The lowest BCUT2D eigenvalue weighted by Crippen LogP contribution is -2.49. The SMILES string of the molecule is CCC(O)C(O)(CCCCCCOc1ccc(OC)cc1)C(=O)O. The third kappa shape index (κ3) is 6.02. The number of carboxylic acid groups (broad SMARTS) is 1.